The lowest BCUT2D eigenvalue weighted by atomic mass is 9.70. The third kappa shape index (κ3) is 1.70. The SMILES string of the molecule is CC1(C)C2CCC1(C)C(Oc1nccc(CN)c1F)C2. The quantitative estimate of drug-likeness (QED) is 0.923. The van der Waals surface area contributed by atoms with Crippen molar-refractivity contribution >= 4 is 0 Å². The van der Waals surface area contributed by atoms with Gasteiger partial charge in [0, 0.05) is 23.7 Å². The maximum atomic E-state index is 14.2. The van der Waals surface area contributed by atoms with Crippen LogP contribution in [-0.2, 0) is 6.54 Å². The van der Waals surface area contributed by atoms with E-state index in [2.05, 4.69) is 25.8 Å². The average Bonchev–Trinajstić information content (AvgIpc) is 2.74. The van der Waals surface area contributed by atoms with Crippen LogP contribution in [-0.4, -0.2) is 11.1 Å². The maximum Gasteiger partial charge on any atom is 0.251 e. The van der Waals surface area contributed by atoms with E-state index in [1.807, 2.05) is 0 Å². The molecule has 0 amide bonds. The number of fused-ring (bicyclic) bond motifs is 2. The molecule has 0 aliphatic heterocycles. The van der Waals surface area contributed by atoms with Crippen LogP contribution in [0.4, 0.5) is 4.39 Å². The molecule has 110 valence electrons. The van der Waals surface area contributed by atoms with Crippen LogP contribution in [0.1, 0.15) is 45.6 Å². The minimum Gasteiger partial charge on any atom is -0.472 e. The fourth-order valence-electron chi connectivity index (χ4n) is 4.15. The molecule has 2 bridgehead atoms. The predicted octanol–water partition coefficient (Wildman–Crippen LogP) is 3.27. The Morgan fingerprint density at radius 2 is 2.20 bits per heavy atom. The third-order valence-corrected chi connectivity index (χ3v) is 6.12. The number of halogens is 1. The van der Waals surface area contributed by atoms with Crippen molar-refractivity contribution in [1.29, 1.82) is 0 Å². The normalized spacial score (nSPS) is 34.5. The molecule has 0 aromatic carbocycles. The van der Waals surface area contributed by atoms with Gasteiger partial charge in [-0.15, -0.1) is 0 Å². The molecule has 0 spiro atoms. The number of rotatable bonds is 3. The molecule has 0 saturated heterocycles. The highest BCUT2D eigenvalue weighted by atomic mass is 19.1. The van der Waals surface area contributed by atoms with E-state index >= 15 is 0 Å². The Morgan fingerprint density at radius 3 is 2.75 bits per heavy atom. The number of nitrogens with two attached hydrogens (primary N) is 1. The Balaban J connectivity index is 1.87. The van der Waals surface area contributed by atoms with Gasteiger partial charge in [0.15, 0.2) is 5.82 Å². The van der Waals surface area contributed by atoms with Gasteiger partial charge in [-0.1, -0.05) is 20.8 Å². The van der Waals surface area contributed by atoms with E-state index < -0.39 is 5.82 Å². The smallest absolute Gasteiger partial charge is 0.251 e. The molecule has 0 radical (unpaired) electrons. The summed E-state index contributed by atoms with van der Waals surface area (Å²) in [6.07, 6.45) is 5.01. The van der Waals surface area contributed by atoms with Crippen LogP contribution in [0.25, 0.3) is 0 Å². The standard InChI is InChI=1S/C16H23FN2O/c1-15(2)11-4-6-16(15,3)12(8-11)20-14-13(17)10(9-18)5-7-19-14/h5,7,11-12H,4,6,8-9,18H2,1-3H3. The Hall–Kier alpha value is -1.16. The van der Waals surface area contributed by atoms with E-state index in [9.17, 15) is 4.39 Å². The van der Waals surface area contributed by atoms with Crippen LogP contribution in [0.15, 0.2) is 12.3 Å². The molecular formula is C16H23FN2O. The molecule has 2 aliphatic rings. The second kappa shape index (κ2) is 4.42. The Bertz CT molecular complexity index is 531. The van der Waals surface area contributed by atoms with Crippen LogP contribution in [0, 0.1) is 22.6 Å². The van der Waals surface area contributed by atoms with E-state index in [0.717, 1.165) is 12.8 Å². The third-order valence-electron chi connectivity index (χ3n) is 6.12. The number of ether oxygens (including phenoxy) is 1. The summed E-state index contributed by atoms with van der Waals surface area (Å²) in [5.74, 6) is 0.375. The van der Waals surface area contributed by atoms with E-state index in [4.69, 9.17) is 10.5 Å². The van der Waals surface area contributed by atoms with E-state index in [1.165, 1.54) is 6.42 Å². The Morgan fingerprint density at radius 1 is 1.45 bits per heavy atom. The first kappa shape index (κ1) is 13.8. The highest BCUT2D eigenvalue weighted by molar-refractivity contribution is 5.24. The molecule has 1 aromatic rings. The van der Waals surface area contributed by atoms with Gasteiger partial charge in [0.1, 0.15) is 6.10 Å². The summed E-state index contributed by atoms with van der Waals surface area (Å²) in [4.78, 5) is 4.06. The van der Waals surface area contributed by atoms with Gasteiger partial charge in [-0.05, 0) is 36.7 Å². The van der Waals surface area contributed by atoms with Gasteiger partial charge in [-0.25, -0.2) is 9.37 Å². The number of hydrogen-bond donors (Lipinski definition) is 1. The zero-order valence-electron chi connectivity index (χ0n) is 12.4. The minimum atomic E-state index is -0.404. The number of nitrogens with zero attached hydrogens (tertiary/aromatic N) is 1. The zero-order valence-corrected chi connectivity index (χ0v) is 12.4. The lowest BCUT2D eigenvalue weighted by Gasteiger charge is -2.38. The topological polar surface area (TPSA) is 48.1 Å². The van der Waals surface area contributed by atoms with Crippen molar-refractivity contribution in [3.63, 3.8) is 0 Å². The summed E-state index contributed by atoms with van der Waals surface area (Å²) < 4.78 is 20.2. The first-order valence-corrected chi connectivity index (χ1v) is 7.40. The number of aromatic nitrogens is 1. The van der Waals surface area contributed by atoms with Gasteiger partial charge < -0.3 is 10.5 Å². The molecule has 3 atom stereocenters. The van der Waals surface area contributed by atoms with E-state index in [0.29, 0.717) is 11.5 Å². The first-order chi connectivity index (χ1) is 9.40. The summed E-state index contributed by atoms with van der Waals surface area (Å²) in [6.45, 7) is 7.07. The average molecular weight is 278 g/mol. The van der Waals surface area contributed by atoms with Crippen LogP contribution in [0.5, 0.6) is 5.88 Å². The van der Waals surface area contributed by atoms with Crippen molar-refractivity contribution in [3.05, 3.63) is 23.6 Å². The van der Waals surface area contributed by atoms with Crippen LogP contribution < -0.4 is 10.5 Å². The van der Waals surface area contributed by atoms with E-state index in [1.54, 1.807) is 12.3 Å². The lowest BCUT2D eigenvalue weighted by molar-refractivity contribution is 0.0246. The molecule has 2 saturated carbocycles. The molecule has 1 aromatic heterocycles. The summed E-state index contributed by atoms with van der Waals surface area (Å²) in [5, 5.41) is 0. The van der Waals surface area contributed by atoms with Crippen molar-refractivity contribution in [2.45, 2.75) is 52.7 Å². The minimum absolute atomic E-state index is 0.0475. The second-order valence-electron chi connectivity index (χ2n) is 7.01. The fraction of sp³-hybridized carbons (Fsp3) is 0.688. The van der Waals surface area contributed by atoms with Gasteiger partial charge in [-0.3, -0.25) is 0 Å². The monoisotopic (exact) mass is 278 g/mol. The Kier molecular flexibility index (Phi) is 3.05. The van der Waals surface area contributed by atoms with Crippen LogP contribution in [0.3, 0.4) is 0 Å². The zero-order chi connectivity index (χ0) is 14.5. The van der Waals surface area contributed by atoms with Gasteiger partial charge in [0.05, 0.1) is 0 Å². The maximum absolute atomic E-state index is 14.2. The molecule has 4 heteroatoms. The number of hydrogen-bond acceptors (Lipinski definition) is 3. The largest absolute Gasteiger partial charge is 0.472 e. The fourth-order valence-corrected chi connectivity index (χ4v) is 4.15. The molecule has 1 heterocycles. The van der Waals surface area contributed by atoms with Crippen LogP contribution >= 0.6 is 0 Å². The molecule has 2 N–H and O–H groups in total. The van der Waals surface area contributed by atoms with Gasteiger partial charge in [-0.2, -0.15) is 0 Å². The highest BCUT2D eigenvalue weighted by Gasteiger charge is 2.62. The molecule has 2 fully saturated rings. The van der Waals surface area contributed by atoms with E-state index in [-0.39, 0.29) is 29.4 Å². The lowest BCUT2D eigenvalue weighted by Crippen LogP contribution is -2.39. The molecule has 3 unspecified atom stereocenters. The van der Waals surface area contributed by atoms with Crippen molar-refractivity contribution in [3.8, 4) is 5.88 Å². The van der Waals surface area contributed by atoms with Crippen molar-refractivity contribution < 1.29 is 9.13 Å². The molecule has 3 rings (SSSR count). The van der Waals surface area contributed by atoms with Crippen molar-refractivity contribution in [2.24, 2.45) is 22.5 Å². The summed E-state index contributed by atoms with van der Waals surface area (Å²) >= 11 is 0. The molecule has 2 aliphatic carbocycles. The predicted molar refractivity (Wildman–Crippen MR) is 75.7 cm³/mol. The van der Waals surface area contributed by atoms with Gasteiger partial charge >= 0.3 is 0 Å². The van der Waals surface area contributed by atoms with Crippen LogP contribution in [0.2, 0.25) is 0 Å². The Labute approximate surface area is 119 Å². The molecule has 20 heavy (non-hydrogen) atoms. The highest BCUT2D eigenvalue weighted by Crippen LogP contribution is 2.66. The van der Waals surface area contributed by atoms with Gasteiger partial charge in [0.25, 0.3) is 5.88 Å². The summed E-state index contributed by atoms with van der Waals surface area (Å²) in [6, 6.07) is 1.61. The molecular weight excluding hydrogens is 255 g/mol. The van der Waals surface area contributed by atoms with Crippen molar-refractivity contribution in [1.82, 2.24) is 4.98 Å². The van der Waals surface area contributed by atoms with Crippen molar-refractivity contribution in [2.75, 3.05) is 0 Å². The summed E-state index contributed by atoms with van der Waals surface area (Å²) in [7, 11) is 0. The molecule has 3 nitrogen and oxygen atoms in total. The first-order valence-electron chi connectivity index (χ1n) is 7.40. The second-order valence-corrected chi connectivity index (χ2v) is 7.01. The van der Waals surface area contributed by atoms with Gasteiger partial charge in [0.2, 0.25) is 0 Å². The number of pyridine rings is 1. The summed E-state index contributed by atoms with van der Waals surface area (Å²) in [5.41, 5.74) is 6.35.